The Labute approximate surface area is 73.2 Å². The van der Waals surface area contributed by atoms with Gasteiger partial charge in [0.2, 0.25) is 0 Å². The van der Waals surface area contributed by atoms with Crippen molar-refractivity contribution in [2.45, 2.75) is 44.4 Å². The van der Waals surface area contributed by atoms with Crippen LogP contribution in [0.3, 0.4) is 0 Å². The van der Waals surface area contributed by atoms with Gasteiger partial charge in [-0.1, -0.05) is 26.6 Å². The molecule has 0 aromatic rings. The first-order valence-corrected chi connectivity index (χ1v) is 7.61. The summed E-state index contributed by atoms with van der Waals surface area (Å²) in [5, 5.41) is 0. The molecule has 0 bridgehead atoms. The quantitative estimate of drug-likeness (QED) is 0.497. The molecule has 1 atom stereocenters. The summed E-state index contributed by atoms with van der Waals surface area (Å²) in [6.07, 6.45) is -0.546. The highest BCUT2D eigenvalue weighted by molar-refractivity contribution is 6.77. The van der Waals surface area contributed by atoms with Gasteiger partial charge in [0.25, 0.3) is 0 Å². The van der Waals surface area contributed by atoms with E-state index in [1.807, 2.05) is 19.6 Å². The Morgan fingerprint density at radius 3 is 2.08 bits per heavy atom. The van der Waals surface area contributed by atoms with E-state index < -0.39 is 14.0 Å². The van der Waals surface area contributed by atoms with Crippen LogP contribution in [0.1, 0.15) is 13.3 Å². The summed E-state index contributed by atoms with van der Waals surface area (Å²) in [7, 11) is -1.53. The van der Waals surface area contributed by atoms with Gasteiger partial charge in [-0.25, -0.2) is 0 Å². The molecule has 0 aliphatic rings. The summed E-state index contributed by atoms with van der Waals surface area (Å²) in [6.45, 7) is 7.87. The maximum Gasteiger partial charge on any atom is 0.302 e. The predicted octanol–water partition coefficient (Wildman–Crippen LogP) is 2.94. The van der Waals surface area contributed by atoms with Crippen LogP contribution in [0.15, 0.2) is 0 Å². The largest absolute Gasteiger partial charge is 0.302 e. The van der Waals surface area contributed by atoms with Crippen molar-refractivity contribution in [2.75, 3.05) is 0 Å². The lowest BCUT2D eigenvalue weighted by Crippen LogP contribution is -2.32. The van der Waals surface area contributed by atoms with Gasteiger partial charge < -0.3 is 0 Å². The lowest BCUT2D eigenvalue weighted by atomic mass is 10.2. The molecule has 1 nitrogen and oxygen atoms in total. The van der Waals surface area contributed by atoms with Crippen LogP contribution in [0, 0.1) is 0 Å². The highest BCUT2D eigenvalue weighted by atomic mass is 28.3. The van der Waals surface area contributed by atoms with Crippen LogP contribution < -0.4 is 0 Å². The monoisotopic (exact) mass is 194 g/mol. The summed E-state index contributed by atoms with van der Waals surface area (Å²) >= 11 is 0. The van der Waals surface area contributed by atoms with Crippen LogP contribution in [0.4, 0.5) is 8.78 Å². The molecular formula is C8H16F2OSi. The number of alkyl halides is 2. The third-order valence-corrected chi connectivity index (χ3v) is 5.39. The molecule has 4 heteroatoms. The molecule has 0 saturated heterocycles. The second-order valence-corrected chi connectivity index (χ2v) is 10.1. The normalized spacial score (nSPS) is 15.8. The molecule has 0 aliphatic heterocycles. The zero-order valence-corrected chi connectivity index (χ0v) is 9.03. The minimum Gasteiger partial charge on any atom is -0.297 e. The van der Waals surface area contributed by atoms with E-state index in [-0.39, 0.29) is 18.2 Å². The average Bonchev–Trinajstić information content (AvgIpc) is 1.85. The number of aldehydes is 1. The highest BCUT2D eigenvalue weighted by Crippen LogP contribution is 2.31. The summed E-state index contributed by atoms with van der Waals surface area (Å²) < 4.78 is 25.2. The minimum atomic E-state index is -3.13. The zero-order chi connectivity index (χ0) is 9.99. The average molecular weight is 194 g/mol. The van der Waals surface area contributed by atoms with Crippen molar-refractivity contribution in [3.05, 3.63) is 0 Å². The van der Waals surface area contributed by atoms with E-state index in [9.17, 15) is 13.6 Å². The highest BCUT2D eigenvalue weighted by Gasteiger charge is 2.35. The van der Waals surface area contributed by atoms with Crippen molar-refractivity contribution in [3.8, 4) is 0 Å². The van der Waals surface area contributed by atoms with Crippen LogP contribution >= 0.6 is 0 Å². The van der Waals surface area contributed by atoms with Crippen LogP contribution in [0.2, 0.25) is 25.2 Å². The Morgan fingerprint density at radius 1 is 1.42 bits per heavy atom. The molecule has 0 spiro atoms. The maximum atomic E-state index is 12.6. The summed E-state index contributed by atoms with van der Waals surface area (Å²) in [6, 6.07) is 0. The van der Waals surface area contributed by atoms with E-state index >= 15 is 0 Å². The third kappa shape index (κ3) is 3.95. The lowest BCUT2D eigenvalue weighted by Gasteiger charge is -2.26. The van der Waals surface area contributed by atoms with Crippen molar-refractivity contribution in [1.29, 1.82) is 0 Å². The number of rotatable bonds is 4. The van der Waals surface area contributed by atoms with Crippen LogP contribution in [-0.4, -0.2) is 20.3 Å². The fourth-order valence-electron chi connectivity index (χ4n) is 0.763. The molecule has 0 radical (unpaired) electrons. The molecule has 0 heterocycles. The zero-order valence-electron chi connectivity index (χ0n) is 8.03. The first-order chi connectivity index (χ1) is 5.19. The third-order valence-electron chi connectivity index (χ3n) is 2.23. The Kier molecular flexibility index (Phi) is 3.56. The van der Waals surface area contributed by atoms with Crippen LogP contribution in [0.5, 0.6) is 0 Å². The van der Waals surface area contributed by atoms with Gasteiger partial charge in [-0.15, -0.1) is 0 Å². The van der Waals surface area contributed by atoms with Crippen molar-refractivity contribution in [3.63, 3.8) is 0 Å². The van der Waals surface area contributed by atoms with E-state index in [0.29, 0.717) is 0 Å². The van der Waals surface area contributed by atoms with Gasteiger partial charge in [0, 0.05) is 14.5 Å². The first kappa shape index (κ1) is 11.7. The molecule has 0 fully saturated rings. The van der Waals surface area contributed by atoms with E-state index in [2.05, 4.69) is 0 Å². The van der Waals surface area contributed by atoms with Gasteiger partial charge in [-0.3, -0.25) is 4.79 Å². The smallest absolute Gasteiger partial charge is 0.297 e. The summed E-state index contributed by atoms with van der Waals surface area (Å²) in [5.74, 6) is -3.13. The molecule has 0 aromatic carbocycles. The first-order valence-electron chi connectivity index (χ1n) is 4.03. The Balaban J connectivity index is 4.18. The second kappa shape index (κ2) is 3.64. The van der Waals surface area contributed by atoms with Crippen molar-refractivity contribution < 1.29 is 13.6 Å². The molecule has 0 amide bonds. The van der Waals surface area contributed by atoms with Crippen molar-refractivity contribution in [2.24, 2.45) is 0 Å². The van der Waals surface area contributed by atoms with Gasteiger partial charge >= 0.3 is 5.92 Å². The molecule has 0 aromatic heterocycles. The van der Waals surface area contributed by atoms with E-state index in [0.717, 1.165) is 0 Å². The lowest BCUT2D eigenvalue weighted by molar-refractivity contribution is -0.129. The SMILES string of the molecule is CC(CC(F)(F)C=O)[Si](C)(C)C. The maximum absolute atomic E-state index is 12.6. The van der Waals surface area contributed by atoms with Crippen molar-refractivity contribution in [1.82, 2.24) is 0 Å². The fourth-order valence-corrected chi connectivity index (χ4v) is 1.65. The van der Waals surface area contributed by atoms with Gasteiger partial charge in [0.15, 0.2) is 6.29 Å². The number of hydrogen-bond acceptors (Lipinski definition) is 1. The molecule has 72 valence electrons. The van der Waals surface area contributed by atoms with Crippen molar-refractivity contribution >= 4 is 14.4 Å². The standard InChI is InChI=1S/C8H16F2OSi/c1-7(12(2,3)4)5-8(9,10)6-11/h6-7H,5H2,1-4H3. The summed E-state index contributed by atoms with van der Waals surface area (Å²) in [5.41, 5.74) is -0.0299. The Morgan fingerprint density at radius 2 is 1.83 bits per heavy atom. The molecule has 0 rings (SSSR count). The minimum absolute atomic E-state index is 0.0299. The van der Waals surface area contributed by atoms with E-state index in [1.165, 1.54) is 0 Å². The van der Waals surface area contributed by atoms with E-state index in [4.69, 9.17) is 0 Å². The number of hydrogen-bond donors (Lipinski definition) is 0. The van der Waals surface area contributed by atoms with Gasteiger partial charge in [0.05, 0.1) is 0 Å². The molecule has 0 aliphatic carbocycles. The van der Waals surface area contributed by atoms with E-state index in [1.54, 1.807) is 6.92 Å². The van der Waals surface area contributed by atoms with Gasteiger partial charge in [-0.05, 0) is 5.54 Å². The Bertz CT molecular complexity index is 163. The molecule has 0 saturated carbocycles. The number of halogens is 2. The topological polar surface area (TPSA) is 17.1 Å². The predicted molar refractivity (Wildman–Crippen MR) is 48.4 cm³/mol. The number of carbonyl (C=O) groups is 1. The van der Waals surface area contributed by atoms with Gasteiger partial charge in [-0.2, -0.15) is 8.78 Å². The van der Waals surface area contributed by atoms with Crippen LogP contribution in [0.25, 0.3) is 0 Å². The molecule has 1 unspecified atom stereocenters. The molecular weight excluding hydrogens is 178 g/mol. The molecule has 0 N–H and O–H groups in total. The second-order valence-electron chi connectivity index (χ2n) is 4.35. The van der Waals surface area contributed by atoms with Crippen LogP contribution in [-0.2, 0) is 4.79 Å². The molecule has 12 heavy (non-hydrogen) atoms. The summed E-state index contributed by atoms with van der Waals surface area (Å²) in [4.78, 5) is 9.95. The fraction of sp³-hybridized carbons (Fsp3) is 0.875. The number of carbonyl (C=O) groups excluding carboxylic acids is 1. The Hall–Kier alpha value is -0.253. The van der Waals surface area contributed by atoms with Gasteiger partial charge in [0.1, 0.15) is 0 Å².